The molecule has 0 saturated carbocycles. The van der Waals surface area contributed by atoms with Crippen LogP contribution in [0, 0.1) is 0 Å². The zero-order chi connectivity index (χ0) is 22.1. The molecule has 2 aromatic rings. The first-order valence-corrected chi connectivity index (χ1v) is 10.5. The van der Waals surface area contributed by atoms with E-state index < -0.39 is 6.03 Å². The first-order valence-electron chi connectivity index (χ1n) is 10.5. The van der Waals surface area contributed by atoms with Crippen LogP contribution in [0.1, 0.15) is 34.6 Å². The molecule has 0 radical (unpaired) electrons. The number of carbonyl (C=O) groups is 3. The highest BCUT2D eigenvalue weighted by Gasteiger charge is 2.37. The van der Waals surface area contributed by atoms with Crippen molar-refractivity contribution >= 4 is 34.9 Å². The molecule has 2 aliphatic rings. The quantitative estimate of drug-likeness (QED) is 0.741. The summed E-state index contributed by atoms with van der Waals surface area (Å²) in [5.74, 6) is -0.634. The first-order chi connectivity index (χ1) is 14.8. The van der Waals surface area contributed by atoms with Gasteiger partial charge in [0.05, 0.1) is 11.1 Å². The van der Waals surface area contributed by atoms with E-state index in [4.69, 9.17) is 0 Å². The minimum Gasteiger partial charge on any atom is -0.369 e. The van der Waals surface area contributed by atoms with Crippen molar-refractivity contribution < 1.29 is 14.4 Å². The molecule has 2 heterocycles. The van der Waals surface area contributed by atoms with Crippen LogP contribution in [-0.4, -0.2) is 66.9 Å². The molecular weight excluding hydrogens is 394 g/mol. The van der Waals surface area contributed by atoms with Gasteiger partial charge in [-0.15, -0.1) is 0 Å². The monoisotopic (exact) mass is 421 g/mol. The fraction of sp³-hybridized carbons (Fsp3) is 0.348. The number of nitrogens with one attached hydrogen (secondary N) is 2. The minimum atomic E-state index is -0.412. The number of likely N-dealkylation sites (N-methyl/N-ethyl adjacent to an activating group) is 1. The number of piperazine rings is 1. The summed E-state index contributed by atoms with van der Waals surface area (Å²) in [4.78, 5) is 43.2. The van der Waals surface area contributed by atoms with E-state index >= 15 is 0 Å². The van der Waals surface area contributed by atoms with Crippen LogP contribution in [0.4, 0.5) is 21.9 Å². The van der Waals surface area contributed by atoms with Gasteiger partial charge in [0.1, 0.15) is 0 Å². The van der Waals surface area contributed by atoms with Crippen LogP contribution >= 0.6 is 0 Å². The second-order valence-corrected chi connectivity index (χ2v) is 8.25. The van der Waals surface area contributed by atoms with Crippen LogP contribution in [0.3, 0.4) is 0 Å². The average Bonchev–Trinajstić information content (AvgIpc) is 2.99. The Morgan fingerprint density at radius 2 is 1.42 bits per heavy atom. The molecule has 0 aromatic heterocycles. The van der Waals surface area contributed by atoms with Crippen LogP contribution in [0.15, 0.2) is 42.5 Å². The van der Waals surface area contributed by atoms with E-state index in [0.29, 0.717) is 22.5 Å². The van der Waals surface area contributed by atoms with Gasteiger partial charge in [-0.2, -0.15) is 0 Å². The van der Waals surface area contributed by atoms with Gasteiger partial charge in [0, 0.05) is 49.3 Å². The highest BCUT2D eigenvalue weighted by atomic mass is 16.2. The molecule has 2 aliphatic heterocycles. The summed E-state index contributed by atoms with van der Waals surface area (Å²) in [5, 5.41) is 5.54. The van der Waals surface area contributed by atoms with E-state index in [2.05, 4.69) is 27.5 Å². The average molecular weight is 422 g/mol. The van der Waals surface area contributed by atoms with E-state index in [-0.39, 0.29) is 17.9 Å². The molecule has 0 bridgehead atoms. The molecule has 1 saturated heterocycles. The van der Waals surface area contributed by atoms with Gasteiger partial charge in [0.2, 0.25) is 0 Å². The lowest BCUT2D eigenvalue weighted by molar-refractivity contribution is 0.0609. The SMILES string of the molecule is CC(C)N1C(=O)c2ccc(NC(=O)Nc3ccc(N4CCN(C)CC4)cc3)cc2C1=O. The lowest BCUT2D eigenvalue weighted by Crippen LogP contribution is -2.44. The summed E-state index contributed by atoms with van der Waals surface area (Å²) in [5.41, 5.74) is 2.94. The predicted molar refractivity (Wildman–Crippen MR) is 121 cm³/mol. The van der Waals surface area contributed by atoms with E-state index in [1.165, 1.54) is 4.90 Å². The summed E-state index contributed by atoms with van der Waals surface area (Å²) in [7, 11) is 2.12. The second-order valence-electron chi connectivity index (χ2n) is 8.25. The lowest BCUT2D eigenvalue weighted by atomic mass is 10.1. The van der Waals surface area contributed by atoms with Gasteiger partial charge in [-0.1, -0.05) is 0 Å². The highest BCUT2D eigenvalue weighted by Crippen LogP contribution is 2.27. The molecule has 4 rings (SSSR count). The van der Waals surface area contributed by atoms with E-state index in [0.717, 1.165) is 31.9 Å². The van der Waals surface area contributed by atoms with Gasteiger partial charge in [-0.05, 0) is 63.4 Å². The molecule has 8 nitrogen and oxygen atoms in total. The number of rotatable bonds is 4. The van der Waals surface area contributed by atoms with Gasteiger partial charge in [0.25, 0.3) is 11.8 Å². The van der Waals surface area contributed by atoms with Crippen molar-refractivity contribution in [1.29, 1.82) is 0 Å². The summed E-state index contributed by atoms with van der Waals surface area (Å²) in [6, 6.07) is 11.9. The molecule has 162 valence electrons. The van der Waals surface area contributed by atoms with Gasteiger partial charge in [0.15, 0.2) is 0 Å². The number of benzene rings is 2. The maximum Gasteiger partial charge on any atom is 0.323 e. The van der Waals surface area contributed by atoms with Gasteiger partial charge in [-0.25, -0.2) is 4.79 Å². The number of fused-ring (bicyclic) bond motifs is 1. The lowest BCUT2D eigenvalue weighted by Gasteiger charge is -2.34. The molecule has 0 aliphatic carbocycles. The summed E-state index contributed by atoms with van der Waals surface area (Å²) >= 11 is 0. The molecule has 0 atom stereocenters. The van der Waals surface area contributed by atoms with Crippen LogP contribution in [0.2, 0.25) is 0 Å². The maximum atomic E-state index is 12.5. The van der Waals surface area contributed by atoms with Gasteiger partial charge < -0.3 is 20.4 Å². The predicted octanol–water partition coefficient (Wildman–Crippen LogP) is 3.09. The Bertz CT molecular complexity index is 1010. The number of amides is 4. The van der Waals surface area contributed by atoms with Crippen molar-refractivity contribution in [2.75, 3.05) is 48.8 Å². The Morgan fingerprint density at radius 3 is 2.06 bits per heavy atom. The van der Waals surface area contributed by atoms with Crippen LogP contribution in [0.25, 0.3) is 0 Å². The fourth-order valence-electron chi connectivity index (χ4n) is 3.92. The molecule has 4 amide bonds. The number of anilines is 3. The summed E-state index contributed by atoms with van der Waals surface area (Å²) in [6.45, 7) is 7.63. The molecule has 31 heavy (non-hydrogen) atoms. The minimum absolute atomic E-state index is 0.221. The zero-order valence-corrected chi connectivity index (χ0v) is 18.0. The summed E-state index contributed by atoms with van der Waals surface area (Å²) < 4.78 is 0. The molecule has 1 fully saturated rings. The number of nitrogens with zero attached hydrogens (tertiary/aromatic N) is 3. The van der Waals surface area contributed by atoms with Crippen molar-refractivity contribution in [3.8, 4) is 0 Å². The van der Waals surface area contributed by atoms with Crippen LogP contribution in [-0.2, 0) is 0 Å². The highest BCUT2D eigenvalue weighted by molar-refractivity contribution is 6.22. The standard InChI is InChI=1S/C23H27N5O3/c1-15(2)28-21(29)19-9-6-17(14-20(19)22(28)30)25-23(31)24-16-4-7-18(8-5-16)27-12-10-26(3)11-13-27/h4-9,14-15H,10-13H2,1-3H3,(H2,24,25,31). The second kappa shape index (κ2) is 8.39. The number of hydrogen-bond donors (Lipinski definition) is 2. The Morgan fingerprint density at radius 1 is 0.839 bits per heavy atom. The molecule has 2 N–H and O–H groups in total. The molecule has 0 spiro atoms. The molecule has 0 unspecified atom stereocenters. The molecule has 2 aromatic carbocycles. The zero-order valence-electron chi connectivity index (χ0n) is 18.0. The smallest absolute Gasteiger partial charge is 0.323 e. The number of imide groups is 1. The van der Waals surface area contributed by atoms with Crippen LogP contribution in [0.5, 0.6) is 0 Å². The van der Waals surface area contributed by atoms with Crippen molar-refractivity contribution in [1.82, 2.24) is 9.80 Å². The summed E-state index contributed by atoms with van der Waals surface area (Å²) in [6.07, 6.45) is 0. The Balaban J connectivity index is 1.39. The van der Waals surface area contributed by atoms with Crippen molar-refractivity contribution in [3.05, 3.63) is 53.6 Å². The van der Waals surface area contributed by atoms with E-state index in [9.17, 15) is 14.4 Å². The third kappa shape index (κ3) is 4.25. The van der Waals surface area contributed by atoms with Crippen molar-refractivity contribution in [3.63, 3.8) is 0 Å². The van der Waals surface area contributed by atoms with Gasteiger partial charge >= 0.3 is 6.03 Å². The topological polar surface area (TPSA) is 85.0 Å². The normalized spacial score (nSPS) is 16.6. The molecule has 8 heteroatoms. The van der Waals surface area contributed by atoms with Crippen LogP contribution < -0.4 is 15.5 Å². The molecular formula is C23H27N5O3. The van der Waals surface area contributed by atoms with Crippen molar-refractivity contribution in [2.45, 2.75) is 19.9 Å². The third-order valence-corrected chi connectivity index (χ3v) is 5.69. The number of urea groups is 1. The first kappa shape index (κ1) is 20.9. The number of hydrogen-bond acceptors (Lipinski definition) is 5. The Hall–Kier alpha value is -3.39. The Kier molecular flexibility index (Phi) is 5.65. The number of carbonyl (C=O) groups excluding carboxylic acids is 3. The third-order valence-electron chi connectivity index (χ3n) is 5.69. The van der Waals surface area contributed by atoms with Crippen molar-refractivity contribution in [2.24, 2.45) is 0 Å². The van der Waals surface area contributed by atoms with Gasteiger partial charge in [-0.3, -0.25) is 14.5 Å². The Labute approximate surface area is 181 Å². The van der Waals surface area contributed by atoms with E-state index in [1.54, 1.807) is 32.0 Å². The largest absolute Gasteiger partial charge is 0.369 e. The maximum absolute atomic E-state index is 12.5. The fourth-order valence-corrected chi connectivity index (χ4v) is 3.92. The van der Waals surface area contributed by atoms with E-state index in [1.807, 2.05) is 24.3 Å².